The number of rotatable bonds is 4. The van der Waals surface area contributed by atoms with Crippen LogP contribution in [0.1, 0.15) is 37.0 Å². The Morgan fingerprint density at radius 3 is 2.04 bits per heavy atom. The van der Waals surface area contributed by atoms with Crippen LogP contribution in [0, 0.1) is 11.8 Å². The molecule has 0 bridgehead atoms. The van der Waals surface area contributed by atoms with E-state index in [1.165, 1.54) is 26.0 Å². The number of allylic oxidation sites excluding steroid dienone is 2. The van der Waals surface area contributed by atoms with Crippen LogP contribution in [0.5, 0.6) is 5.75 Å². The highest BCUT2D eigenvalue weighted by atomic mass is 16.5. The lowest BCUT2D eigenvalue weighted by atomic mass is 9.85. The van der Waals surface area contributed by atoms with Gasteiger partial charge < -0.3 is 4.74 Å². The van der Waals surface area contributed by atoms with Crippen LogP contribution < -0.4 is 4.74 Å². The fourth-order valence-corrected chi connectivity index (χ4v) is 3.27. The van der Waals surface area contributed by atoms with Crippen LogP contribution in [0.25, 0.3) is 0 Å². The molecule has 6 heteroatoms. The summed E-state index contributed by atoms with van der Waals surface area (Å²) < 4.78 is 5.26. The van der Waals surface area contributed by atoms with Crippen molar-refractivity contribution in [1.82, 2.24) is 4.90 Å². The summed E-state index contributed by atoms with van der Waals surface area (Å²) >= 11 is 0. The zero-order valence-corrected chi connectivity index (χ0v) is 14.1. The number of imide groups is 1. The highest BCUT2D eigenvalue weighted by Crippen LogP contribution is 2.36. The molecule has 1 aromatic rings. The molecule has 1 saturated heterocycles. The smallest absolute Gasteiger partial charge is 0.334 e. The van der Waals surface area contributed by atoms with Crippen molar-refractivity contribution in [2.75, 3.05) is 0 Å². The molecule has 0 spiro atoms. The molecule has 3 rings (SSSR count). The molecule has 1 heterocycles. The second-order valence-electron chi connectivity index (χ2n) is 6.38. The largest absolute Gasteiger partial charge is 0.425 e. The van der Waals surface area contributed by atoms with E-state index >= 15 is 0 Å². The summed E-state index contributed by atoms with van der Waals surface area (Å²) in [6.45, 7) is 2.94. The van der Waals surface area contributed by atoms with E-state index in [4.69, 9.17) is 4.74 Å². The molecule has 3 atom stereocenters. The Hall–Kier alpha value is -2.76. The molecule has 0 radical (unpaired) electrons. The lowest BCUT2D eigenvalue weighted by Gasteiger charge is -2.21. The van der Waals surface area contributed by atoms with Gasteiger partial charge in [-0.05, 0) is 51.0 Å². The van der Waals surface area contributed by atoms with E-state index in [9.17, 15) is 19.2 Å². The molecule has 0 N–H and O–H groups in total. The number of carbonyl (C=O) groups is 4. The molecule has 130 valence electrons. The van der Waals surface area contributed by atoms with Gasteiger partial charge in [-0.25, -0.2) is 4.79 Å². The third-order valence-corrected chi connectivity index (χ3v) is 4.75. The Kier molecular flexibility index (Phi) is 4.53. The third kappa shape index (κ3) is 3.12. The van der Waals surface area contributed by atoms with E-state index in [2.05, 4.69) is 0 Å². The van der Waals surface area contributed by atoms with E-state index < -0.39 is 12.0 Å². The van der Waals surface area contributed by atoms with Gasteiger partial charge in [0.2, 0.25) is 11.8 Å². The van der Waals surface area contributed by atoms with Crippen molar-refractivity contribution in [3.8, 4) is 5.75 Å². The third-order valence-electron chi connectivity index (χ3n) is 4.75. The quantitative estimate of drug-likeness (QED) is 0.275. The molecule has 0 aromatic heterocycles. The number of likely N-dealkylation sites (tertiary alicyclic amines) is 1. The first-order chi connectivity index (χ1) is 11.9. The second kappa shape index (κ2) is 6.63. The molecule has 1 aliphatic heterocycles. The van der Waals surface area contributed by atoms with Crippen LogP contribution in [0.4, 0.5) is 0 Å². The van der Waals surface area contributed by atoms with Crippen LogP contribution in [0.15, 0.2) is 36.4 Å². The van der Waals surface area contributed by atoms with Gasteiger partial charge in [0.05, 0.1) is 11.8 Å². The molecule has 1 fully saturated rings. The molecule has 1 aromatic carbocycles. The van der Waals surface area contributed by atoms with Crippen molar-refractivity contribution in [3.63, 3.8) is 0 Å². The Balaban J connectivity index is 1.71. The molecular formula is C19H19NO5. The summed E-state index contributed by atoms with van der Waals surface area (Å²) in [6.07, 6.45) is 4.85. The van der Waals surface area contributed by atoms with Gasteiger partial charge >= 0.3 is 5.97 Å². The molecule has 0 unspecified atom stereocenters. The number of carbonyl (C=O) groups excluding carboxylic acids is 4. The van der Waals surface area contributed by atoms with Crippen molar-refractivity contribution >= 4 is 23.6 Å². The Morgan fingerprint density at radius 2 is 1.56 bits per heavy atom. The van der Waals surface area contributed by atoms with Gasteiger partial charge in [-0.2, -0.15) is 0 Å². The number of benzene rings is 1. The van der Waals surface area contributed by atoms with Crippen LogP contribution in [-0.2, 0) is 14.4 Å². The molecule has 0 saturated carbocycles. The monoisotopic (exact) mass is 341 g/mol. The highest BCUT2D eigenvalue weighted by Gasteiger charge is 2.50. The molecule has 6 nitrogen and oxygen atoms in total. The zero-order valence-electron chi connectivity index (χ0n) is 14.1. The number of ether oxygens (including phenoxy) is 1. The SMILES string of the molecule is CC(=O)c1ccc(OC(=O)[C@H](C)N2C(=O)[C@H]3CC=CC[C@H]3C2=O)cc1. The normalized spacial score (nSPS) is 23.4. The van der Waals surface area contributed by atoms with E-state index in [1.807, 2.05) is 12.2 Å². The van der Waals surface area contributed by atoms with Gasteiger partial charge in [-0.3, -0.25) is 19.3 Å². The van der Waals surface area contributed by atoms with E-state index in [-0.39, 0.29) is 35.2 Å². The predicted octanol–water partition coefficient (Wildman–Crippen LogP) is 2.13. The van der Waals surface area contributed by atoms with Crippen LogP contribution in [-0.4, -0.2) is 34.5 Å². The first-order valence-electron chi connectivity index (χ1n) is 8.24. The van der Waals surface area contributed by atoms with Crippen molar-refractivity contribution in [2.24, 2.45) is 11.8 Å². The minimum Gasteiger partial charge on any atom is -0.425 e. The number of nitrogens with zero attached hydrogens (tertiary/aromatic N) is 1. The fraction of sp³-hybridized carbons (Fsp3) is 0.368. The first-order valence-corrected chi connectivity index (χ1v) is 8.24. The standard InChI is InChI=1S/C19H19NO5/c1-11(19(24)25-14-9-7-13(8-10-14)12(2)21)20-17(22)15-5-3-4-6-16(15)18(20)23/h3-4,7-11,15-16H,5-6H2,1-2H3/t11-,15-,16+/m0/s1. The number of esters is 1. The zero-order chi connectivity index (χ0) is 18.1. The summed E-state index contributed by atoms with van der Waals surface area (Å²) in [5.74, 6) is -1.86. The number of hydrogen-bond donors (Lipinski definition) is 0. The Bertz CT molecular complexity index is 739. The fourth-order valence-electron chi connectivity index (χ4n) is 3.27. The van der Waals surface area contributed by atoms with Crippen molar-refractivity contribution in [2.45, 2.75) is 32.7 Å². The number of hydrogen-bond acceptors (Lipinski definition) is 5. The van der Waals surface area contributed by atoms with E-state index in [0.717, 1.165) is 4.90 Å². The van der Waals surface area contributed by atoms with Crippen LogP contribution in [0.2, 0.25) is 0 Å². The number of fused-ring (bicyclic) bond motifs is 1. The Labute approximate surface area is 145 Å². The van der Waals surface area contributed by atoms with Gasteiger partial charge in [-0.15, -0.1) is 0 Å². The summed E-state index contributed by atoms with van der Waals surface area (Å²) in [7, 11) is 0. The van der Waals surface area contributed by atoms with Gasteiger partial charge in [0.1, 0.15) is 11.8 Å². The van der Waals surface area contributed by atoms with Crippen LogP contribution in [0.3, 0.4) is 0 Å². The second-order valence-corrected chi connectivity index (χ2v) is 6.38. The lowest BCUT2D eigenvalue weighted by Crippen LogP contribution is -2.45. The summed E-state index contributed by atoms with van der Waals surface area (Å²) in [5.41, 5.74) is 0.509. The van der Waals surface area contributed by atoms with Crippen molar-refractivity contribution in [3.05, 3.63) is 42.0 Å². The summed E-state index contributed by atoms with van der Waals surface area (Å²) in [5, 5.41) is 0. The number of ketones is 1. The molecule has 1 aliphatic carbocycles. The van der Waals surface area contributed by atoms with Gasteiger partial charge in [0.15, 0.2) is 5.78 Å². The van der Waals surface area contributed by atoms with Gasteiger partial charge in [-0.1, -0.05) is 12.2 Å². The van der Waals surface area contributed by atoms with Gasteiger partial charge in [0, 0.05) is 5.56 Å². The summed E-state index contributed by atoms with van der Waals surface area (Å²) in [4.78, 5) is 49.7. The molecule has 25 heavy (non-hydrogen) atoms. The van der Waals surface area contributed by atoms with Crippen molar-refractivity contribution in [1.29, 1.82) is 0 Å². The molecule has 2 aliphatic rings. The van der Waals surface area contributed by atoms with Crippen LogP contribution >= 0.6 is 0 Å². The van der Waals surface area contributed by atoms with E-state index in [0.29, 0.717) is 18.4 Å². The minimum absolute atomic E-state index is 0.0873. The number of amides is 2. The lowest BCUT2D eigenvalue weighted by molar-refractivity contribution is -0.152. The average molecular weight is 341 g/mol. The number of Topliss-reactive ketones (excluding diaryl/α,β-unsaturated/α-hetero) is 1. The maximum Gasteiger partial charge on any atom is 0.334 e. The van der Waals surface area contributed by atoms with Crippen molar-refractivity contribution < 1.29 is 23.9 Å². The molecule has 2 amide bonds. The van der Waals surface area contributed by atoms with Gasteiger partial charge in [0.25, 0.3) is 0 Å². The molecular weight excluding hydrogens is 322 g/mol. The Morgan fingerprint density at radius 1 is 1.04 bits per heavy atom. The summed E-state index contributed by atoms with van der Waals surface area (Å²) in [6, 6.07) is 5.15. The van der Waals surface area contributed by atoms with E-state index in [1.54, 1.807) is 12.1 Å². The first kappa shape index (κ1) is 17.1. The predicted molar refractivity (Wildman–Crippen MR) is 88.8 cm³/mol. The average Bonchev–Trinajstić information content (AvgIpc) is 2.86. The maximum atomic E-state index is 12.5. The topological polar surface area (TPSA) is 80.8 Å². The maximum absolute atomic E-state index is 12.5. The minimum atomic E-state index is -0.988. The highest BCUT2D eigenvalue weighted by molar-refractivity contribution is 6.08.